The number of hydrogen-bond donors (Lipinski definition) is 1. The molecule has 3 heterocycles. The summed E-state index contributed by atoms with van der Waals surface area (Å²) in [4.78, 5) is 19.2. The van der Waals surface area contributed by atoms with Gasteiger partial charge in [0.25, 0.3) is 0 Å². The maximum absolute atomic E-state index is 5.24. The zero-order valence-corrected chi connectivity index (χ0v) is 43.3. The molecular weight excluding hydrogens is 971 g/mol. The molecule has 0 saturated heterocycles. The Morgan fingerprint density at radius 2 is 0.700 bits per heavy atom. The Morgan fingerprint density at radius 3 is 1.29 bits per heavy atom. The number of rotatable bonds is 3. The third kappa shape index (κ3) is 7.15. The monoisotopic (exact) mass is 1020 g/mol. The summed E-state index contributed by atoms with van der Waals surface area (Å²) in [6.45, 7) is 0. The van der Waals surface area contributed by atoms with Gasteiger partial charge >= 0.3 is 0 Å². The minimum absolute atomic E-state index is 0.584. The molecular formula is C75H47N5. The van der Waals surface area contributed by atoms with Crippen LogP contribution in [0.25, 0.3) is 117 Å². The van der Waals surface area contributed by atoms with Crippen molar-refractivity contribution < 1.29 is 0 Å². The predicted octanol–water partition coefficient (Wildman–Crippen LogP) is 18.1. The van der Waals surface area contributed by atoms with Gasteiger partial charge in [0.2, 0.25) is 5.95 Å². The van der Waals surface area contributed by atoms with Gasteiger partial charge in [-0.2, -0.15) is 9.97 Å². The fourth-order valence-corrected chi connectivity index (χ4v) is 12.8. The molecule has 0 spiro atoms. The molecule has 372 valence electrons. The van der Waals surface area contributed by atoms with Gasteiger partial charge in [-0.3, -0.25) is 4.57 Å². The van der Waals surface area contributed by atoms with E-state index in [0.717, 1.165) is 38.2 Å². The summed E-state index contributed by atoms with van der Waals surface area (Å²) >= 11 is 0. The number of nitrogens with one attached hydrogen (secondary N) is 1. The zero-order valence-electron chi connectivity index (χ0n) is 43.3. The van der Waals surface area contributed by atoms with E-state index >= 15 is 0 Å². The number of H-pyrrole nitrogens is 1. The quantitative estimate of drug-likeness (QED) is 0.192. The minimum atomic E-state index is 0.584. The molecule has 2 aliphatic rings. The second-order valence-corrected chi connectivity index (χ2v) is 20.6. The number of hydrogen-bond acceptors (Lipinski definition) is 3. The third-order valence-electron chi connectivity index (χ3n) is 16.2. The van der Waals surface area contributed by atoms with Crippen LogP contribution >= 0.6 is 0 Å². The fourth-order valence-electron chi connectivity index (χ4n) is 12.8. The highest BCUT2D eigenvalue weighted by atomic mass is 15.2. The standard InChI is InChI=1S/C45H28N4.C30H19N/c1-3-15-29(16-4-1)43-46-44(30-17-5-2-6-18-30)48-45(47-43)49-40-26-14-13-24-36(40)39-28-27-38-35-23-10-9-21-33(35)31-19-7-8-20-32(31)34-22-11-12-25-37(34)41(38)42(39)49;1-2-10-20-19(9-1)21-11-3-4-13-23(21)26-17-18-27-24-14-7-8-16-28(24)31-30(27)29(26)25-15-6-5-12-22(20)25/h1-28H;1-18,31H. The van der Waals surface area contributed by atoms with Gasteiger partial charge in [0, 0.05) is 49.0 Å². The summed E-state index contributed by atoms with van der Waals surface area (Å²) in [5, 5.41) is 14.4. The average molecular weight is 1020 g/mol. The molecule has 0 radical (unpaired) electrons. The summed E-state index contributed by atoms with van der Waals surface area (Å²) in [7, 11) is 0. The Balaban J connectivity index is 0.000000147. The van der Waals surface area contributed by atoms with Gasteiger partial charge < -0.3 is 4.98 Å². The predicted molar refractivity (Wildman–Crippen MR) is 326 cm³/mol. The first kappa shape index (κ1) is 45.4. The van der Waals surface area contributed by atoms with Gasteiger partial charge in [-0.15, -0.1) is 0 Å². The molecule has 80 heavy (non-hydrogen) atoms. The smallest absolute Gasteiger partial charge is 0.238 e. The van der Waals surface area contributed by atoms with Crippen LogP contribution in [-0.2, 0) is 0 Å². The number of aromatic nitrogens is 5. The topological polar surface area (TPSA) is 59.4 Å². The van der Waals surface area contributed by atoms with Crippen LogP contribution in [0.15, 0.2) is 279 Å². The van der Waals surface area contributed by atoms with E-state index in [1.807, 2.05) is 36.4 Å². The largest absolute Gasteiger partial charge is 0.354 e. The van der Waals surface area contributed by atoms with Crippen LogP contribution in [0.5, 0.6) is 0 Å². The average Bonchev–Trinajstić information content (AvgIpc) is 4.24. The molecule has 0 saturated carbocycles. The number of benzene rings is 12. The Kier molecular flexibility index (Phi) is 10.5. The van der Waals surface area contributed by atoms with Crippen LogP contribution < -0.4 is 0 Å². The molecule has 0 unspecified atom stereocenters. The molecule has 0 fully saturated rings. The second kappa shape index (κ2) is 18.5. The van der Waals surface area contributed by atoms with Crippen molar-refractivity contribution in [2.75, 3.05) is 0 Å². The third-order valence-corrected chi connectivity index (χ3v) is 16.2. The Hall–Kier alpha value is -10.8. The maximum atomic E-state index is 5.24. The highest BCUT2D eigenvalue weighted by molar-refractivity contribution is 6.17. The van der Waals surface area contributed by atoms with E-state index in [1.54, 1.807) is 0 Å². The summed E-state index contributed by atoms with van der Waals surface area (Å²) in [6.07, 6.45) is 0. The number of nitrogens with zero attached hydrogens (tertiary/aromatic N) is 4. The van der Waals surface area contributed by atoms with Crippen LogP contribution in [0.4, 0.5) is 0 Å². The first-order valence-corrected chi connectivity index (χ1v) is 27.3. The molecule has 12 aromatic carbocycles. The zero-order chi connectivity index (χ0) is 52.7. The van der Waals surface area contributed by atoms with Gasteiger partial charge in [-0.05, 0) is 87.6 Å². The lowest BCUT2D eigenvalue weighted by atomic mass is 9.80. The maximum Gasteiger partial charge on any atom is 0.238 e. The highest BCUT2D eigenvalue weighted by Crippen LogP contribution is 2.50. The van der Waals surface area contributed by atoms with Crippen LogP contribution in [0.3, 0.4) is 0 Å². The fraction of sp³-hybridized carbons (Fsp3) is 0. The molecule has 0 bridgehead atoms. The van der Waals surface area contributed by atoms with Crippen molar-refractivity contribution in [1.82, 2.24) is 24.5 Å². The van der Waals surface area contributed by atoms with Gasteiger partial charge in [-0.1, -0.05) is 267 Å². The van der Waals surface area contributed by atoms with Gasteiger partial charge in [0.15, 0.2) is 11.6 Å². The van der Waals surface area contributed by atoms with Gasteiger partial charge in [-0.25, -0.2) is 4.98 Å². The normalized spacial score (nSPS) is 11.8. The van der Waals surface area contributed by atoms with Gasteiger partial charge in [0.05, 0.1) is 16.6 Å². The van der Waals surface area contributed by atoms with Crippen molar-refractivity contribution in [3.05, 3.63) is 321 Å². The number of aromatic amines is 1. The molecule has 5 nitrogen and oxygen atoms in total. The van der Waals surface area contributed by atoms with Crippen LogP contribution in [0.2, 0.25) is 0 Å². The van der Waals surface area contributed by atoms with E-state index in [9.17, 15) is 0 Å². The van der Waals surface area contributed by atoms with Crippen molar-refractivity contribution in [3.63, 3.8) is 0 Å². The SMILES string of the molecule is c1ccc(-c2nc(-c3ccccc3)nc(-n3c4ccccc4c4ccc5c(c43)=c3ccccc3=c3ccccc3=c3ccccc3=5)n2)cc1.c1ccc2c(c1)-c1ccccc1-c1ccc3c([nH]c4ccccc43)c1-c1ccccc1-2. The number of para-hydroxylation sites is 2. The lowest BCUT2D eigenvalue weighted by Crippen LogP contribution is -2.07. The Morgan fingerprint density at radius 1 is 0.275 bits per heavy atom. The van der Waals surface area contributed by atoms with Crippen molar-refractivity contribution >= 4 is 43.6 Å². The molecule has 15 aromatic rings. The molecule has 0 atom stereocenters. The summed E-state index contributed by atoms with van der Waals surface area (Å²) in [5.74, 6) is 1.85. The Labute approximate surface area is 459 Å². The molecule has 3 aromatic heterocycles. The van der Waals surface area contributed by atoms with E-state index in [-0.39, 0.29) is 0 Å². The summed E-state index contributed by atoms with van der Waals surface area (Å²) in [6, 6.07) is 99.4. The van der Waals surface area contributed by atoms with E-state index in [2.05, 4.69) is 252 Å². The van der Waals surface area contributed by atoms with E-state index in [1.165, 1.54) is 103 Å². The first-order valence-electron chi connectivity index (χ1n) is 27.3. The second-order valence-electron chi connectivity index (χ2n) is 20.6. The van der Waals surface area contributed by atoms with Crippen LogP contribution in [0.1, 0.15) is 0 Å². The van der Waals surface area contributed by atoms with Crippen molar-refractivity contribution in [2.24, 2.45) is 0 Å². The molecule has 0 aliphatic heterocycles. The lowest BCUT2D eigenvalue weighted by molar-refractivity contribution is 0.951. The van der Waals surface area contributed by atoms with Crippen molar-refractivity contribution in [1.29, 1.82) is 0 Å². The number of fused-ring (bicyclic) bond motifs is 20. The first-order chi connectivity index (χ1) is 39.7. The molecule has 2 aliphatic carbocycles. The lowest BCUT2D eigenvalue weighted by Gasteiger charge is -2.23. The minimum Gasteiger partial charge on any atom is -0.354 e. The van der Waals surface area contributed by atoms with Crippen molar-refractivity contribution in [2.45, 2.75) is 0 Å². The molecule has 0 amide bonds. The molecule has 1 N–H and O–H groups in total. The Bertz CT molecular complexity index is 5370. The van der Waals surface area contributed by atoms with Crippen LogP contribution in [0, 0.1) is 41.7 Å². The summed E-state index contributed by atoms with van der Waals surface area (Å²) in [5.41, 5.74) is 16.6. The van der Waals surface area contributed by atoms with Crippen LogP contribution in [-0.4, -0.2) is 24.5 Å². The van der Waals surface area contributed by atoms with E-state index in [0.29, 0.717) is 17.6 Å². The highest BCUT2D eigenvalue weighted by Gasteiger charge is 2.25. The van der Waals surface area contributed by atoms with Crippen molar-refractivity contribution in [3.8, 4) is 73.2 Å². The molecule has 5 heteroatoms. The van der Waals surface area contributed by atoms with E-state index < -0.39 is 0 Å². The van der Waals surface area contributed by atoms with E-state index in [4.69, 9.17) is 15.0 Å². The molecule has 17 rings (SSSR count). The summed E-state index contributed by atoms with van der Waals surface area (Å²) < 4.78 is 2.26. The van der Waals surface area contributed by atoms with Gasteiger partial charge in [0.1, 0.15) is 0 Å².